The van der Waals surface area contributed by atoms with Crippen molar-refractivity contribution in [1.29, 1.82) is 0 Å². The predicted molar refractivity (Wildman–Crippen MR) is 130 cm³/mol. The summed E-state index contributed by atoms with van der Waals surface area (Å²) in [6.45, 7) is 4.56. The van der Waals surface area contributed by atoms with Gasteiger partial charge in [0, 0.05) is 23.7 Å². The van der Waals surface area contributed by atoms with Crippen LogP contribution in [0.15, 0.2) is 60.7 Å². The van der Waals surface area contributed by atoms with Crippen LogP contribution in [0.3, 0.4) is 0 Å². The second-order valence-electron chi connectivity index (χ2n) is 8.76. The monoisotopic (exact) mass is 458 g/mol. The first-order valence-electron chi connectivity index (χ1n) is 11.6. The minimum absolute atomic E-state index is 0.0708. The van der Waals surface area contributed by atoms with Gasteiger partial charge < -0.3 is 4.74 Å². The molecule has 3 aromatic carbocycles. The molecule has 1 unspecified atom stereocenters. The van der Waals surface area contributed by atoms with Crippen LogP contribution in [0.25, 0.3) is 21.7 Å². The van der Waals surface area contributed by atoms with Gasteiger partial charge in [-0.05, 0) is 55.8 Å². The number of carbonyl (C=O) groups excluding carboxylic acids is 1. The molecule has 0 radical (unpaired) electrons. The van der Waals surface area contributed by atoms with E-state index in [1.54, 1.807) is 12.1 Å². The molecule has 34 heavy (non-hydrogen) atoms. The van der Waals surface area contributed by atoms with Crippen LogP contribution in [-0.2, 0) is 0 Å². The molecule has 5 rings (SSSR count). The molecule has 0 bridgehead atoms. The number of nitro groups is 1. The molecule has 8 heteroatoms. The third-order valence-electron chi connectivity index (χ3n) is 6.53. The van der Waals surface area contributed by atoms with Gasteiger partial charge >= 0.3 is 0 Å². The van der Waals surface area contributed by atoms with Gasteiger partial charge in [0.15, 0.2) is 0 Å². The second-order valence-corrected chi connectivity index (χ2v) is 8.76. The summed E-state index contributed by atoms with van der Waals surface area (Å²) in [7, 11) is 0. The van der Waals surface area contributed by atoms with Gasteiger partial charge in [-0.15, -0.1) is 5.10 Å². The Kier molecular flexibility index (Phi) is 5.98. The summed E-state index contributed by atoms with van der Waals surface area (Å²) in [5, 5.41) is 18.1. The van der Waals surface area contributed by atoms with Gasteiger partial charge in [-0.3, -0.25) is 19.8 Å². The first-order valence-corrected chi connectivity index (χ1v) is 11.6. The minimum atomic E-state index is -0.455. The number of hydrogen-bond donors (Lipinski definition) is 0. The lowest BCUT2D eigenvalue weighted by atomic mass is 10.0. The number of hydrogen-bond acceptors (Lipinski definition) is 6. The summed E-state index contributed by atoms with van der Waals surface area (Å²) >= 11 is 0. The minimum Gasteiger partial charge on any atom is -0.475 e. The highest BCUT2D eigenvalue weighted by Gasteiger charge is 2.23. The smallest absolute Gasteiger partial charge is 0.279 e. The number of nitrogens with zero attached hydrogens (tertiary/aromatic N) is 4. The standard InChI is InChI=1S/C26H26N4O4/c1-18(28-14-5-2-6-15-28)17-34-25-23-16-20(30(32)33)12-13-24(23)29(27-25)26(31)22-11-7-9-19-8-3-4-10-21(19)22/h3-4,7-13,16,18H,2,5-6,14-15,17H2,1H3. The van der Waals surface area contributed by atoms with Crippen LogP contribution in [-0.4, -0.2) is 51.2 Å². The van der Waals surface area contributed by atoms with Crippen LogP contribution in [0.4, 0.5) is 5.69 Å². The molecular weight excluding hydrogens is 432 g/mol. The van der Waals surface area contributed by atoms with Crippen molar-refractivity contribution >= 4 is 33.3 Å². The van der Waals surface area contributed by atoms with Gasteiger partial charge in [0.05, 0.1) is 15.8 Å². The SMILES string of the molecule is CC(COc1nn(C(=O)c2cccc3ccccc23)c2ccc([N+](=O)[O-])cc12)N1CCCCC1. The quantitative estimate of drug-likeness (QED) is 0.297. The Bertz CT molecular complexity index is 1370. The van der Waals surface area contributed by atoms with Crippen molar-refractivity contribution in [3.63, 3.8) is 0 Å². The van der Waals surface area contributed by atoms with Crippen LogP contribution < -0.4 is 4.74 Å². The summed E-state index contributed by atoms with van der Waals surface area (Å²) in [4.78, 5) is 26.9. The van der Waals surface area contributed by atoms with E-state index in [4.69, 9.17) is 4.74 Å². The highest BCUT2D eigenvalue weighted by molar-refractivity contribution is 6.10. The average Bonchev–Trinajstić information content (AvgIpc) is 3.25. The lowest BCUT2D eigenvalue weighted by molar-refractivity contribution is -0.384. The lowest BCUT2D eigenvalue weighted by Gasteiger charge is -2.31. The van der Waals surface area contributed by atoms with Crippen molar-refractivity contribution in [3.8, 4) is 5.88 Å². The van der Waals surface area contributed by atoms with E-state index >= 15 is 0 Å². The van der Waals surface area contributed by atoms with E-state index in [0.717, 1.165) is 23.9 Å². The summed E-state index contributed by atoms with van der Waals surface area (Å²) in [5.41, 5.74) is 0.914. The molecule has 1 aliphatic heterocycles. The summed E-state index contributed by atoms with van der Waals surface area (Å²) in [6.07, 6.45) is 3.60. The summed E-state index contributed by atoms with van der Waals surface area (Å²) < 4.78 is 7.37. The Morgan fingerprint density at radius 1 is 1.06 bits per heavy atom. The number of piperidine rings is 1. The van der Waals surface area contributed by atoms with E-state index in [1.807, 2.05) is 36.4 Å². The van der Waals surface area contributed by atoms with Gasteiger partial charge in [0.2, 0.25) is 5.88 Å². The molecule has 0 saturated carbocycles. The average molecular weight is 459 g/mol. The number of nitro benzene ring substituents is 1. The first-order chi connectivity index (χ1) is 16.5. The summed E-state index contributed by atoms with van der Waals surface area (Å²) in [6, 6.07) is 17.8. The normalized spacial score (nSPS) is 15.4. The van der Waals surface area contributed by atoms with E-state index in [0.29, 0.717) is 23.1 Å². The number of benzene rings is 3. The van der Waals surface area contributed by atoms with Crippen molar-refractivity contribution in [3.05, 3.63) is 76.3 Å². The van der Waals surface area contributed by atoms with Gasteiger partial charge in [0.1, 0.15) is 6.61 Å². The van der Waals surface area contributed by atoms with Crippen molar-refractivity contribution in [2.24, 2.45) is 0 Å². The number of carbonyl (C=O) groups is 1. The molecule has 0 aliphatic carbocycles. The van der Waals surface area contributed by atoms with E-state index < -0.39 is 4.92 Å². The Hall–Kier alpha value is -3.78. The Labute approximate surface area is 196 Å². The second kappa shape index (κ2) is 9.23. The fourth-order valence-electron chi connectivity index (χ4n) is 4.64. The molecule has 1 aliphatic rings. The molecule has 174 valence electrons. The van der Waals surface area contributed by atoms with Gasteiger partial charge in [-0.2, -0.15) is 4.68 Å². The molecule has 0 spiro atoms. The zero-order valence-corrected chi connectivity index (χ0v) is 19.0. The van der Waals surface area contributed by atoms with Crippen molar-refractivity contribution < 1.29 is 14.5 Å². The third kappa shape index (κ3) is 4.12. The van der Waals surface area contributed by atoms with Crippen LogP contribution in [0.2, 0.25) is 0 Å². The van der Waals surface area contributed by atoms with Crippen molar-refractivity contribution in [2.75, 3.05) is 19.7 Å². The van der Waals surface area contributed by atoms with Gasteiger partial charge in [0.25, 0.3) is 11.6 Å². The summed E-state index contributed by atoms with van der Waals surface area (Å²) in [5.74, 6) is -0.0780. The maximum atomic E-state index is 13.6. The molecule has 8 nitrogen and oxygen atoms in total. The molecule has 2 heterocycles. The van der Waals surface area contributed by atoms with E-state index in [9.17, 15) is 14.9 Å². The number of ether oxygens (including phenoxy) is 1. The zero-order chi connectivity index (χ0) is 23.7. The van der Waals surface area contributed by atoms with Crippen LogP contribution in [0.5, 0.6) is 5.88 Å². The number of aromatic nitrogens is 2. The van der Waals surface area contributed by atoms with Crippen molar-refractivity contribution in [2.45, 2.75) is 32.2 Å². The number of rotatable bonds is 6. The number of fused-ring (bicyclic) bond motifs is 2. The highest BCUT2D eigenvalue weighted by atomic mass is 16.6. The Morgan fingerprint density at radius 3 is 2.62 bits per heavy atom. The molecule has 0 N–H and O–H groups in total. The molecule has 1 fully saturated rings. The van der Waals surface area contributed by atoms with Crippen LogP contribution in [0.1, 0.15) is 36.5 Å². The first kappa shape index (κ1) is 22.0. The number of non-ortho nitro benzene ring substituents is 1. The Morgan fingerprint density at radius 2 is 1.82 bits per heavy atom. The fourth-order valence-corrected chi connectivity index (χ4v) is 4.64. The molecule has 1 saturated heterocycles. The third-order valence-corrected chi connectivity index (χ3v) is 6.53. The number of likely N-dealkylation sites (tertiary alicyclic amines) is 1. The maximum Gasteiger partial charge on any atom is 0.279 e. The van der Waals surface area contributed by atoms with E-state index in [-0.39, 0.29) is 23.5 Å². The van der Waals surface area contributed by atoms with E-state index in [2.05, 4.69) is 16.9 Å². The van der Waals surface area contributed by atoms with Gasteiger partial charge in [-0.1, -0.05) is 42.8 Å². The predicted octanol–water partition coefficient (Wildman–Crippen LogP) is 5.04. The fraction of sp³-hybridized carbons (Fsp3) is 0.308. The highest BCUT2D eigenvalue weighted by Crippen LogP contribution is 2.31. The van der Waals surface area contributed by atoms with Crippen molar-refractivity contribution in [1.82, 2.24) is 14.7 Å². The lowest BCUT2D eigenvalue weighted by Crippen LogP contribution is -2.40. The van der Waals surface area contributed by atoms with Crippen LogP contribution in [0, 0.1) is 10.1 Å². The molecule has 4 aromatic rings. The van der Waals surface area contributed by atoms with Crippen LogP contribution >= 0.6 is 0 Å². The topological polar surface area (TPSA) is 90.5 Å². The molecule has 0 amide bonds. The van der Waals surface area contributed by atoms with E-state index in [1.165, 1.54) is 36.1 Å². The molecular formula is C26H26N4O4. The molecule has 1 atom stereocenters. The maximum absolute atomic E-state index is 13.6. The molecule has 1 aromatic heterocycles. The van der Waals surface area contributed by atoms with Gasteiger partial charge in [-0.25, -0.2) is 0 Å². The Balaban J connectivity index is 1.53. The largest absolute Gasteiger partial charge is 0.475 e. The zero-order valence-electron chi connectivity index (χ0n) is 19.0.